The smallest absolute Gasteiger partial charge is 0.254 e. The van der Waals surface area contributed by atoms with Gasteiger partial charge in [0.2, 0.25) is 0 Å². The molecule has 0 atom stereocenters. The molecule has 8 nitrogen and oxygen atoms in total. The number of nitrogens with zero attached hydrogens (tertiary/aromatic N) is 2. The van der Waals surface area contributed by atoms with Crippen LogP contribution in [-0.2, 0) is 11.3 Å². The van der Waals surface area contributed by atoms with Crippen LogP contribution in [-0.4, -0.2) is 57.6 Å². The summed E-state index contributed by atoms with van der Waals surface area (Å²) in [6, 6.07) is 14.2. The number of methoxy groups -OCH3 is 4. The molecule has 2 aromatic carbocycles. The second-order valence-electron chi connectivity index (χ2n) is 6.70. The maximum Gasteiger partial charge on any atom is 0.254 e. The molecule has 0 aliphatic carbocycles. The molecular weight excluding hydrogens is 400 g/mol. The average Bonchev–Trinajstić information content (AvgIpc) is 3.29. The Hall–Kier alpha value is -3.52. The van der Waals surface area contributed by atoms with Crippen molar-refractivity contribution >= 4 is 5.91 Å². The van der Waals surface area contributed by atoms with E-state index in [0.29, 0.717) is 53.0 Å². The van der Waals surface area contributed by atoms with E-state index in [-0.39, 0.29) is 12.5 Å². The molecule has 1 aromatic heterocycles. The van der Waals surface area contributed by atoms with Gasteiger partial charge in [-0.15, -0.1) is 0 Å². The SMILES string of the molecule is COCCN(Cc1cc(-c2cc(OC)ccc2OC)on1)C(=O)c1ccc(OC)cc1. The first-order chi connectivity index (χ1) is 15.1. The van der Waals surface area contributed by atoms with Gasteiger partial charge in [0.1, 0.15) is 22.9 Å². The number of benzene rings is 2. The highest BCUT2D eigenvalue weighted by molar-refractivity contribution is 5.94. The second kappa shape index (κ2) is 10.5. The van der Waals surface area contributed by atoms with Crippen molar-refractivity contribution in [1.29, 1.82) is 0 Å². The van der Waals surface area contributed by atoms with Gasteiger partial charge in [0.25, 0.3) is 5.91 Å². The summed E-state index contributed by atoms with van der Waals surface area (Å²) < 4.78 is 26.6. The summed E-state index contributed by atoms with van der Waals surface area (Å²) in [5.74, 6) is 2.38. The van der Waals surface area contributed by atoms with E-state index >= 15 is 0 Å². The van der Waals surface area contributed by atoms with Crippen molar-refractivity contribution in [3.05, 3.63) is 59.8 Å². The highest BCUT2D eigenvalue weighted by Gasteiger charge is 2.20. The predicted octanol–water partition coefficient (Wildman–Crippen LogP) is 3.66. The van der Waals surface area contributed by atoms with Gasteiger partial charge in [0, 0.05) is 25.3 Å². The first-order valence-electron chi connectivity index (χ1n) is 9.69. The molecule has 0 radical (unpaired) electrons. The van der Waals surface area contributed by atoms with Crippen LogP contribution in [0.4, 0.5) is 0 Å². The highest BCUT2D eigenvalue weighted by Crippen LogP contribution is 2.34. The van der Waals surface area contributed by atoms with Gasteiger partial charge >= 0.3 is 0 Å². The molecule has 1 heterocycles. The Morgan fingerprint density at radius 2 is 1.65 bits per heavy atom. The fraction of sp³-hybridized carbons (Fsp3) is 0.304. The number of amides is 1. The van der Waals surface area contributed by atoms with Crippen molar-refractivity contribution in [2.45, 2.75) is 6.54 Å². The number of ether oxygens (including phenoxy) is 4. The van der Waals surface area contributed by atoms with Gasteiger partial charge in [-0.25, -0.2) is 0 Å². The molecule has 0 N–H and O–H groups in total. The Morgan fingerprint density at radius 3 is 2.29 bits per heavy atom. The molecule has 0 spiro atoms. The van der Waals surface area contributed by atoms with Crippen LogP contribution in [0.5, 0.6) is 17.2 Å². The Balaban J connectivity index is 1.83. The van der Waals surface area contributed by atoms with Gasteiger partial charge in [-0.2, -0.15) is 0 Å². The molecule has 0 bridgehead atoms. The predicted molar refractivity (Wildman–Crippen MR) is 115 cm³/mol. The number of hydrogen-bond acceptors (Lipinski definition) is 7. The minimum Gasteiger partial charge on any atom is -0.497 e. The standard InChI is InChI=1S/C23H26N2O6/c1-27-12-11-25(23(26)16-5-7-18(28-2)8-6-16)15-17-13-22(31-24-17)20-14-19(29-3)9-10-21(20)30-4/h5-10,13-14H,11-12,15H2,1-4H3. The van der Waals surface area contributed by atoms with Crippen LogP contribution >= 0.6 is 0 Å². The number of hydrogen-bond donors (Lipinski definition) is 0. The van der Waals surface area contributed by atoms with Crippen LogP contribution in [0.2, 0.25) is 0 Å². The lowest BCUT2D eigenvalue weighted by atomic mass is 10.1. The third-order valence-corrected chi connectivity index (χ3v) is 4.77. The summed E-state index contributed by atoms with van der Waals surface area (Å²) in [6.07, 6.45) is 0. The van der Waals surface area contributed by atoms with Gasteiger partial charge in [0.05, 0.1) is 40.0 Å². The van der Waals surface area contributed by atoms with E-state index in [1.807, 2.05) is 6.07 Å². The molecule has 0 saturated heterocycles. The maximum absolute atomic E-state index is 13.1. The van der Waals surface area contributed by atoms with E-state index < -0.39 is 0 Å². The van der Waals surface area contributed by atoms with Crippen molar-refractivity contribution < 1.29 is 28.3 Å². The van der Waals surface area contributed by atoms with Crippen molar-refractivity contribution in [2.24, 2.45) is 0 Å². The maximum atomic E-state index is 13.1. The number of carbonyl (C=O) groups excluding carboxylic acids is 1. The zero-order chi connectivity index (χ0) is 22.2. The van der Waals surface area contributed by atoms with Crippen LogP contribution in [0.15, 0.2) is 53.1 Å². The molecule has 0 aliphatic heterocycles. The van der Waals surface area contributed by atoms with E-state index in [9.17, 15) is 4.79 Å². The van der Waals surface area contributed by atoms with Crippen LogP contribution in [0.3, 0.4) is 0 Å². The van der Waals surface area contributed by atoms with Crippen molar-refractivity contribution in [2.75, 3.05) is 41.6 Å². The van der Waals surface area contributed by atoms with Gasteiger partial charge in [-0.3, -0.25) is 4.79 Å². The third-order valence-electron chi connectivity index (χ3n) is 4.77. The van der Waals surface area contributed by atoms with Gasteiger partial charge in [-0.05, 0) is 42.5 Å². The largest absolute Gasteiger partial charge is 0.497 e. The van der Waals surface area contributed by atoms with Crippen molar-refractivity contribution in [3.63, 3.8) is 0 Å². The van der Waals surface area contributed by atoms with E-state index in [1.54, 1.807) is 75.8 Å². The Kier molecular flexibility index (Phi) is 7.50. The summed E-state index contributed by atoms with van der Waals surface area (Å²) in [6.45, 7) is 1.08. The summed E-state index contributed by atoms with van der Waals surface area (Å²) in [5.41, 5.74) is 1.87. The molecule has 0 aliphatic rings. The lowest BCUT2D eigenvalue weighted by Crippen LogP contribution is -2.33. The summed E-state index contributed by atoms with van der Waals surface area (Å²) in [7, 11) is 6.36. The normalized spacial score (nSPS) is 10.6. The quantitative estimate of drug-likeness (QED) is 0.489. The van der Waals surface area contributed by atoms with Gasteiger partial charge in [0.15, 0.2) is 5.76 Å². The molecule has 8 heteroatoms. The lowest BCUT2D eigenvalue weighted by Gasteiger charge is -2.21. The topological polar surface area (TPSA) is 83.3 Å². The Bertz CT molecular complexity index is 1000. The first-order valence-corrected chi connectivity index (χ1v) is 9.69. The molecule has 1 amide bonds. The molecule has 0 saturated carbocycles. The molecular formula is C23H26N2O6. The zero-order valence-electron chi connectivity index (χ0n) is 18.1. The van der Waals surface area contributed by atoms with Gasteiger partial charge in [-0.1, -0.05) is 5.16 Å². The summed E-state index contributed by atoms with van der Waals surface area (Å²) in [5, 5.41) is 4.15. The van der Waals surface area contributed by atoms with Crippen LogP contribution in [0, 0.1) is 0 Å². The molecule has 31 heavy (non-hydrogen) atoms. The van der Waals surface area contributed by atoms with E-state index in [1.165, 1.54) is 0 Å². The first kappa shape index (κ1) is 22.2. The van der Waals surface area contributed by atoms with Gasteiger partial charge < -0.3 is 28.4 Å². The molecule has 0 unspecified atom stereocenters. The fourth-order valence-corrected chi connectivity index (χ4v) is 3.09. The van der Waals surface area contributed by atoms with Crippen LogP contribution in [0.1, 0.15) is 16.1 Å². The lowest BCUT2D eigenvalue weighted by molar-refractivity contribution is 0.0676. The second-order valence-corrected chi connectivity index (χ2v) is 6.70. The Morgan fingerprint density at radius 1 is 0.935 bits per heavy atom. The minimum absolute atomic E-state index is 0.136. The molecule has 0 fully saturated rings. The number of aromatic nitrogens is 1. The van der Waals surface area contributed by atoms with Crippen molar-refractivity contribution in [1.82, 2.24) is 10.1 Å². The minimum atomic E-state index is -0.136. The number of rotatable bonds is 10. The average molecular weight is 426 g/mol. The summed E-state index contributed by atoms with van der Waals surface area (Å²) >= 11 is 0. The fourth-order valence-electron chi connectivity index (χ4n) is 3.09. The molecule has 3 rings (SSSR count). The third kappa shape index (κ3) is 5.35. The molecule has 164 valence electrons. The molecule has 3 aromatic rings. The Labute approximate surface area is 181 Å². The zero-order valence-corrected chi connectivity index (χ0v) is 18.1. The van der Waals surface area contributed by atoms with Crippen molar-refractivity contribution in [3.8, 4) is 28.6 Å². The number of carbonyl (C=O) groups is 1. The van der Waals surface area contributed by atoms with Crippen LogP contribution < -0.4 is 14.2 Å². The summed E-state index contributed by atoms with van der Waals surface area (Å²) in [4.78, 5) is 14.7. The monoisotopic (exact) mass is 426 g/mol. The van der Waals surface area contributed by atoms with E-state index in [2.05, 4.69) is 5.16 Å². The van der Waals surface area contributed by atoms with Crippen LogP contribution in [0.25, 0.3) is 11.3 Å². The van der Waals surface area contributed by atoms with E-state index in [0.717, 1.165) is 0 Å². The highest BCUT2D eigenvalue weighted by atomic mass is 16.5. The van der Waals surface area contributed by atoms with E-state index in [4.69, 9.17) is 23.5 Å².